The van der Waals surface area contributed by atoms with Crippen LogP contribution >= 0.6 is 0 Å². The highest BCUT2D eigenvalue weighted by Crippen LogP contribution is 2.26. The molecule has 0 saturated carbocycles. The molecular formula is C18H28FN3O3. The summed E-state index contributed by atoms with van der Waals surface area (Å²) in [5, 5.41) is 14.4. The molecule has 140 valence electrons. The van der Waals surface area contributed by atoms with Crippen molar-refractivity contribution in [2.45, 2.75) is 51.9 Å². The molecule has 3 N–H and O–H groups in total. The third kappa shape index (κ3) is 5.57. The van der Waals surface area contributed by atoms with Gasteiger partial charge in [-0.3, -0.25) is 0 Å². The number of carbonyl (C=O) groups is 1. The maximum atomic E-state index is 14.5. The standard InChI is InChI=1S/C18H28FN3O3/c1-12-10-22(11-13(2)25-12)16-6-5-14(9-15(16)19)20-17(24)21-18(3,4)7-8-23/h5-6,9,12-13,23H,7-8,10-11H2,1-4H3,(H2,20,21,24)/t12-,13+. The summed E-state index contributed by atoms with van der Waals surface area (Å²) in [7, 11) is 0. The van der Waals surface area contributed by atoms with Crippen molar-refractivity contribution < 1.29 is 19.0 Å². The van der Waals surface area contributed by atoms with Gasteiger partial charge in [-0.2, -0.15) is 0 Å². The van der Waals surface area contributed by atoms with Gasteiger partial charge in [0.25, 0.3) is 0 Å². The lowest BCUT2D eigenvalue weighted by atomic mass is 10.0. The van der Waals surface area contributed by atoms with Crippen LogP contribution in [0.15, 0.2) is 18.2 Å². The normalized spacial score (nSPS) is 21.1. The summed E-state index contributed by atoms with van der Waals surface area (Å²) >= 11 is 0. The molecular weight excluding hydrogens is 325 g/mol. The number of nitrogens with zero attached hydrogens (tertiary/aromatic N) is 1. The highest BCUT2D eigenvalue weighted by atomic mass is 19.1. The third-order valence-electron chi connectivity index (χ3n) is 4.15. The minimum absolute atomic E-state index is 0.0208. The molecule has 1 aromatic carbocycles. The van der Waals surface area contributed by atoms with E-state index in [0.717, 1.165) is 0 Å². The fourth-order valence-electron chi connectivity index (χ4n) is 3.03. The molecule has 1 saturated heterocycles. The fraction of sp³-hybridized carbons (Fsp3) is 0.611. The van der Waals surface area contributed by atoms with Crippen LogP contribution in [0, 0.1) is 5.82 Å². The van der Waals surface area contributed by atoms with Crippen LogP contribution in [0.5, 0.6) is 0 Å². The molecule has 25 heavy (non-hydrogen) atoms. The van der Waals surface area contributed by atoms with E-state index in [0.29, 0.717) is 30.9 Å². The Hall–Kier alpha value is -1.86. The summed E-state index contributed by atoms with van der Waals surface area (Å²) in [4.78, 5) is 14.0. The van der Waals surface area contributed by atoms with Crippen LogP contribution in [-0.4, -0.2) is 48.6 Å². The second kappa shape index (κ2) is 8.01. The number of benzene rings is 1. The Kier molecular flexibility index (Phi) is 6.24. The number of aliphatic hydroxyl groups is 1. The largest absolute Gasteiger partial charge is 0.396 e. The Balaban J connectivity index is 2.03. The van der Waals surface area contributed by atoms with Gasteiger partial charge >= 0.3 is 6.03 Å². The molecule has 1 fully saturated rings. The number of halogens is 1. The van der Waals surface area contributed by atoms with Gasteiger partial charge in [0.15, 0.2) is 0 Å². The van der Waals surface area contributed by atoms with Crippen LogP contribution in [0.3, 0.4) is 0 Å². The summed E-state index contributed by atoms with van der Waals surface area (Å²) in [6.45, 7) is 8.80. The first-order valence-corrected chi connectivity index (χ1v) is 8.60. The minimum Gasteiger partial charge on any atom is -0.396 e. The van der Waals surface area contributed by atoms with E-state index in [2.05, 4.69) is 10.6 Å². The zero-order chi connectivity index (χ0) is 18.6. The quantitative estimate of drug-likeness (QED) is 0.761. The number of rotatable bonds is 5. The predicted molar refractivity (Wildman–Crippen MR) is 96.6 cm³/mol. The van der Waals surface area contributed by atoms with Crippen LogP contribution in [0.1, 0.15) is 34.1 Å². The highest BCUT2D eigenvalue weighted by Gasteiger charge is 2.24. The van der Waals surface area contributed by atoms with E-state index in [9.17, 15) is 9.18 Å². The Bertz CT molecular complexity index is 599. The second-order valence-corrected chi connectivity index (χ2v) is 7.27. The molecule has 0 spiro atoms. The molecule has 7 heteroatoms. The molecule has 2 amide bonds. The molecule has 0 bridgehead atoms. The van der Waals surface area contributed by atoms with Crippen LogP contribution in [-0.2, 0) is 4.74 Å². The van der Waals surface area contributed by atoms with Crippen molar-refractivity contribution >= 4 is 17.4 Å². The number of amides is 2. The van der Waals surface area contributed by atoms with Gasteiger partial charge < -0.3 is 25.4 Å². The maximum Gasteiger partial charge on any atom is 0.319 e. The first kappa shape index (κ1) is 19.5. The van der Waals surface area contributed by atoms with Crippen LogP contribution in [0.25, 0.3) is 0 Å². The molecule has 1 aromatic rings. The van der Waals surface area contributed by atoms with E-state index < -0.39 is 11.6 Å². The van der Waals surface area contributed by atoms with Gasteiger partial charge in [-0.15, -0.1) is 0 Å². The Labute approximate surface area is 148 Å². The summed E-state index contributed by atoms with van der Waals surface area (Å²) < 4.78 is 20.2. The first-order chi connectivity index (χ1) is 11.7. The van der Waals surface area contributed by atoms with E-state index in [1.54, 1.807) is 12.1 Å². The smallest absolute Gasteiger partial charge is 0.319 e. The molecule has 1 aliphatic rings. The Morgan fingerprint density at radius 3 is 2.56 bits per heavy atom. The number of ether oxygens (including phenoxy) is 1. The second-order valence-electron chi connectivity index (χ2n) is 7.27. The maximum absolute atomic E-state index is 14.5. The average Bonchev–Trinajstić information content (AvgIpc) is 2.45. The van der Waals surface area contributed by atoms with Crippen molar-refractivity contribution in [3.63, 3.8) is 0 Å². The molecule has 6 nitrogen and oxygen atoms in total. The van der Waals surface area contributed by atoms with Gasteiger partial charge in [-0.25, -0.2) is 9.18 Å². The topological polar surface area (TPSA) is 73.8 Å². The molecule has 0 aliphatic carbocycles. The van der Waals surface area contributed by atoms with Crippen LogP contribution < -0.4 is 15.5 Å². The van der Waals surface area contributed by atoms with E-state index in [1.165, 1.54) is 6.07 Å². The monoisotopic (exact) mass is 353 g/mol. The predicted octanol–water partition coefficient (Wildman–Crippen LogP) is 2.72. The molecule has 1 heterocycles. The Morgan fingerprint density at radius 2 is 2.00 bits per heavy atom. The zero-order valence-electron chi connectivity index (χ0n) is 15.3. The summed E-state index contributed by atoms with van der Waals surface area (Å²) in [6.07, 6.45) is 0.516. The minimum atomic E-state index is -0.544. The molecule has 0 unspecified atom stereocenters. The summed E-state index contributed by atoms with van der Waals surface area (Å²) in [5.74, 6) is -0.381. The lowest BCUT2D eigenvalue weighted by molar-refractivity contribution is -0.00539. The first-order valence-electron chi connectivity index (χ1n) is 8.60. The lowest BCUT2D eigenvalue weighted by Gasteiger charge is -2.37. The molecule has 2 rings (SSSR count). The van der Waals surface area contributed by atoms with Crippen molar-refractivity contribution in [1.82, 2.24) is 5.32 Å². The van der Waals surface area contributed by atoms with Gasteiger partial charge in [0.2, 0.25) is 0 Å². The van der Waals surface area contributed by atoms with Crippen molar-refractivity contribution in [2.75, 3.05) is 29.9 Å². The third-order valence-corrected chi connectivity index (χ3v) is 4.15. The average molecular weight is 353 g/mol. The van der Waals surface area contributed by atoms with E-state index in [4.69, 9.17) is 9.84 Å². The van der Waals surface area contributed by atoms with Crippen LogP contribution in [0.2, 0.25) is 0 Å². The summed E-state index contributed by atoms with van der Waals surface area (Å²) in [5.41, 5.74) is 0.346. The van der Waals surface area contributed by atoms with E-state index in [-0.39, 0.29) is 24.6 Å². The van der Waals surface area contributed by atoms with Gasteiger partial charge in [-0.05, 0) is 52.3 Å². The highest BCUT2D eigenvalue weighted by molar-refractivity contribution is 5.90. The molecule has 0 radical (unpaired) electrons. The van der Waals surface area contributed by atoms with E-state index >= 15 is 0 Å². The molecule has 0 aromatic heterocycles. The van der Waals surface area contributed by atoms with Crippen molar-refractivity contribution in [2.24, 2.45) is 0 Å². The SMILES string of the molecule is C[C@@H]1CN(c2ccc(NC(=O)NC(C)(C)CCO)cc2F)C[C@H](C)O1. The van der Waals surface area contributed by atoms with Gasteiger partial charge in [0, 0.05) is 30.9 Å². The molecule has 1 aliphatic heterocycles. The Morgan fingerprint density at radius 1 is 1.36 bits per heavy atom. The van der Waals surface area contributed by atoms with Crippen molar-refractivity contribution in [1.29, 1.82) is 0 Å². The van der Waals surface area contributed by atoms with Gasteiger partial charge in [0.1, 0.15) is 5.82 Å². The number of anilines is 2. The van der Waals surface area contributed by atoms with Gasteiger partial charge in [0.05, 0.1) is 17.9 Å². The lowest BCUT2D eigenvalue weighted by Crippen LogP contribution is -2.46. The molecule has 2 atom stereocenters. The number of nitrogens with one attached hydrogen (secondary N) is 2. The number of morpholine rings is 1. The van der Waals surface area contributed by atoms with Crippen molar-refractivity contribution in [3.8, 4) is 0 Å². The van der Waals surface area contributed by atoms with E-state index in [1.807, 2.05) is 32.6 Å². The van der Waals surface area contributed by atoms with Gasteiger partial charge in [-0.1, -0.05) is 0 Å². The number of hydrogen-bond donors (Lipinski definition) is 3. The number of hydrogen-bond acceptors (Lipinski definition) is 4. The zero-order valence-corrected chi connectivity index (χ0v) is 15.3. The number of aliphatic hydroxyl groups excluding tert-OH is 1. The number of carbonyl (C=O) groups excluding carboxylic acids is 1. The fourth-order valence-corrected chi connectivity index (χ4v) is 3.03. The van der Waals surface area contributed by atoms with Crippen molar-refractivity contribution in [3.05, 3.63) is 24.0 Å². The number of urea groups is 1. The summed E-state index contributed by atoms with van der Waals surface area (Å²) in [6, 6.07) is 4.24. The van der Waals surface area contributed by atoms with Crippen LogP contribution in [0.4, 0.5) is 20.6 Å².